The number of anilines is 1. The van der Waals surface area contributed by atoms with Crippen molar-refractivity contribution >= 4 is 5.69 Å². The van der Waals surface area contributed by atoms with E-state index in [1.54, 1.807) is 10.7 Å². The van der Waals surface area contributed by atoms with Crippen LogP contribution in [0.3, 0.4) is 0 Å². The minimum atomic E-state index is 0.456. The van der Waals surface area contributed by atoms with Crippen molar-refractivity contribution in [2.45, 2.75) is 26.7 Å². The quantitative estimate of drug-likeness (QED) is 0.889. The van der Waals surface area contributed by atoms with Gasteiger partial charge in [-0.15, -0.1) is 0 Å². The van der Waals surface area contributed by atoms with Crippen LogP contribution in [0.15, 0.2) is 18.3 Å². The van der Waals surface area contributed by atoms with Crippen molar-refractivity contribution in [3.05, 3.63) is 35.3 Å². The standard InChI is InChI=1S/C13H15N5/c1-3-10-6-11(4-2)18(17-10)13-12(15)5-9(7-14)8-16-13/h5-6,8H,3-4,15H2,1-2H3. The largest absolute Gasteiger partial charge is 0.396 e. The van der Waals surface area contributed by atoms with Crippen LogP contribution in [0.4, 0.5) is 5.69 Å². The molecule has 0 aliphatic carbocycles. The van der Waals surface area contributed by atoms with Gasteiger partial charge in [0.25, 0.3) is 0 Å². The first kappa shape index (κ1) is 12.1. The molecule has 2 aromatic heterocycles. The third-order valence-electron chi connectivity index (χ3n) is 2.78. The first-order valence-electron chi connectivity index (χ1n) is 5.93. The molecule has 0 atom stereocenters. The minimum absolute atomic E-state index is 0.456. The molecule has 5 heteroatoms. The van der Waals surface area contributed by atoms with E-state index in [2.05, 4.69) is 30.0 Å². The van der Waals surface area contributed by atoms with Crippen LogP contribution in [0, 0.1) is 11.3 Å². The molecule has 0 spiro atoms. The molecule has 0 radical (unpaired) electrons. The zero-order chi connectivity index (χ0) is 13.1. The fourth-order valence-electron chi connectivity index (χ4n) is 1.80. The first-order chi connectivity index (χ1) is 8.69. The maximum absolute atomic E-state index is 8.80. The fraction of sp³-hybridized carbons (Fsp3) is 0.308. The van der Waals surface area contributed by atoms with Crippen molar-refractivity contribution in [3.63, 3.8) is 0 Å². The number of nitrogen functional groups attached to an aromatic ring is 1. The maximum Gasteiger partial charge on any atom is 0.176 e. The number of aromatic nitrogens is 3. The van der Waals surface area contributed by atoms with Crippen LogP contribution in [0.25, 0.3) is 5.82 Å². The summed E-state index contributed by atoms with van der Waals surface area (Å²) >= 11 is 0. The molecule has 0 fully saturated rings. The van der Waals surface area contributed by atoms with Gasteiger partial charge in [0, 0.05) is 11.9 Å². The van der Waals surface area contributed by atoms with E-state index >= 15 is 0 Å². The van der Waals surface area contributed by atoms with Crippen molar-refractivity contribution in [2.24, 2.45) is 0 Å². The van der Waals surface area contributed by atoms with E-state index in [0.29, 0.717) is 17.1 Å². The van der Waals surface area contributed by atoms with Crippen LogP contribution >= 0.6 is 0 Å². The lowest BCUT2D eigenvalue weighted by Crippen LogP contribution is -2.08. The molecule has 0 aromatic carbocycles. The summed E-state index contributed by atoms with van der Waals surface area (Å²) in [7, 11) is 0. The Morgan fingerprint density at radius 3 is 2.67 bits per heavy atom. The number of hydrogen-bond donors (Lipinski definition) is 1. The Balaban J connectivity index is 2.54. The molecule has 0 amide bonds. The lowest BCUT2D eigenvalue weighted by atomic mass is 10.2. The Bertz CT molecular complexity index is 606. The van der Waals surface area contributed by atoms with Gasteiger partial charge in [0.2, 0.25) is 0 Å². The second-order valence-electron chi connectivity index (χ2n) is 3.99. The van der Waals surface area contributed by atoms with Gasteiger partial charge in [-0.1, -0.05) is 13.8 Å². The molecule has 2 aromatic rings. The predicted octanol–water partition coefficient (Wildman–Crippen LogP) is 1.85. The van der Waals surface area contributed by atoms with Crippen molar-refractivity contribution < 1.29 is 0 Å². The summed E-state index contributed by atoms with van der Waals surface area (Å²) in [6.07, 6.45) is 3.24. The summed E-state index contributed by atoms with van der Waals surface area (Å²) in [6, 6.07) is 5.69. The van der Waals surface area contributed by atoms with Gasteiger partial charge in [-0.2, -0.15) is 10.4 Å². The van der Waals surface area contributed by atoms with Crippen molar-refractivity contribution in [2.75, 3.05) is 5.73 Å². The van der Waals surface area contributed by atoms with Crippen LogP contribution in [-0.4, -0.2) is 14.8 Å². The Labute approximate surface area is 106 Å². The van der Waals surface area contributed by atoms with Crippen molar-refractivity contribution in [1.82, 2.24) is 14.8 Å². The van der Waals surface area contributed by atoms with E-state index in [-0.39, 0.29) is 0 Å². The van der Waals surface area contributed by atoms with Crippen molar-refractivity contribution in [1.29, 1.82) is 5.26 Å². The van der Waals surface area contributed by atoms with Crippen LogP contribution in [0.1, 0.15) is 30.8 Å². The second kappa shape index (κ2) is 4.88. The molecule has 0 bridgehead atoms. The molecule has 92 valence electrons. The van der Waals surface area contributed by atoms with Gasteiger partial charge in [0.15, 0.2) is 5.82 Å². The highest BCUT2D eigenvalue weighted by atomic mass is 15.3. The second-order valence-corrected chi connectivity index (χ2v) is 3.99. The number of hydrogen-bond acceptors (Lipinski definition) is 4. The minimum Gasteiger partial charge on any atom is -0.396 e. The normalized spacial score (nSPS) is 10.3. The summed E-state index contributed by atoms with van der Waals surface area (Å²) in [6.45, 7) is 4.12. The van der Waals surface area contributed by atoms with E-state index in [9.17, 15) is 0 Å². The third kappa shape index (κ3) is 2.05. The SMILES string of the molecule is CCc1cc(CC)n(-c2ncc(C#N)cc2N)n1. The molecular formula is C13H15N5. The smallest absolute Gasteiger partial charge is 0.176 e. The van der Waals surface area contributed by atoms with Crippen molar-refractivity contribution in [3.8, 4) is 11.9 Å². The van der Waals surface area contributed by atoms with E-state index in [1.807, 2.05) is 6.07 Å². The summed E-state index contributed by atoms with van der Waals surface area (Å²) in [5, 5.41) is 13.3. The molecule has 5 nitrogen and oxygen atoms in total. The fourth-order valence-corrected chi connectivity index (χ4v) is 1.80. The number of aryl methyl sites for hydroxylation is 2. The molecule has 0 aliphatic rings. The Morgan fingerprint density at radius 1 is 1.33 bits per heavy atom. The summed E-state index contributed by atoms with van der Waals surface area (Å²) in [4.78, 5) is 4.23. The maximum atomic E-state index is 8.80. The van der Waals surface area contributed by atoms with Gasteiger partial charge in [-0.25, -0.2) is 9.67 Å². The molecule has 18 heavy (non-hydrogen) atoms. The van der Waals surface area contributed by atoms with Crippen LogP contribution in [-0.2, 0) is 12.8 Å². The van der Waals surface area contributed by atoms with Gasteiger partial charge >= 0.3 is 0 Å². The molecule has 2 N–H and O–H groups in total. The van der Waals surface area contributed by atoms with Crippen LogP contribution in [0.5, 0.6) is 0 Å². The lowest BCUT2D eigenvalue weighted by Gasteiger charge is -2.07. The number of rotatable bonds is 3. The average molecular weight is 241 g/mol. The van der Waals surface area contributed by atoms with Crippen LogP contribution in [0.2, 0.25) is 0 Å². The predicted molar refractivity (Wildman–Crippen MR) is 69.2 cm³/mol. The lowest BCUT2D eigenvalue weighted by molar-refractivity contribution is 0.774. The molecule has 2 rings (SSSR count). The molecule has 0 unspecified atom stereocenters. The number of pyridine rings is 1. The Hall–Kier alpha value is -2.35. The highest BCUT2D eigenvalue weighted by molar-refractivity contribution is 5.56. The highest BCUT2D eigenvalue weighted by Crippen LogP contribution is 2.18. The van der Waals surface area contributed by atoms with Gasteiger partial charge in [-0.05, 0) is 25.0 Å². The topological polar surface area (TPSA) is 80.5 Å². The van der Waals surface area contributed by atoms with E-state index < -0.39 is 0 Å². The molecule has 0 aliphatic heterocycles. The molecule has 2 heterocycles. The number of nitrogens with zero attached hydrogens (tertiary/aromatic N) is 4. The first-order valence-corrected chi connectivity index (χ1v) is 5.93. The van der Waals surface area contributed by atoms with Gasteiger partial charge in [-0.3, -0.25) is 0 Å². The van der Waals surface area contributed by atoms with E-state index in [0.717, 1.165) is 24.2 Å². The highest BCUT2D eigenvalue weighted by Gasteiger charge is 2.11. The van der Waals surface area contributed by atoms with E-state index in [4.69, 9.17) is 11.0 Å². The zero-order valence-electron chi connectivity index (χ0n) is 10.5. The van der Waals surface area contributed by atoms with Gasteiger partial charge in [0.05, 0.1) is 16.9 Å². The number of nitrogens with two attached hydrogens (primary N) is 1. The number of nitriles is 1. The summed E-state index contributed by atoms with van der Waals surface area (Å²) in [5.41, 5.74) is 8.93. The summed E-state index contributed by atoms with van der Waals surface area (Å²) < 4.78 is 1.76. The van der Waals surface area contributed by atoms with E-state index in [1.165, 1.54) is 6.20 Å². The monoisotopic (exact) mass is 241 g/mol. The zero-order valence-corrected chi connectivity index (χ0v) is 10.5. The van der Waals surface area contributed by atoms with Gasteiger partial charge < -0.3 is 5.73 Å². The van der Waals surface area contributed by atoms with Gasteiger partial charge in [0.1, 0.15) is 6.07 Å². The Kier molecular flexibility index (Phi) is 3.28. The summed E-state index contributed by atoms with van der Waals surface area (Å²) in [5.74, 6) is 0.588. The average Bonchev–Trinajstić information content (AvgIpc) is 2.81. The molecule has 0 saturated carbocycles. The molecular weight excluding hydrogens is 226 g/mol. The van der Waals surface area contributed by atoms with Crippen LogP contribution < -0.4 is 5.73 Å². The molecule has 0 saturated heterocycles. The Morgan fingerprint density at radius 2 is 2.11 bits per heavy atom. The third-order valence-corrected chi connectivity index (χ3v) is 2.78.